The first-order valence-corrected chi connectivity index (χ1v) is 6.34. The largest absolute Gasteiger partial charge is 0.508 e. The SMILES string of the molecule is CCC1CCN(C(C)c2ccc(F)cc2O)C1. The molecule has 0 bridgehead atoms. The molecule has 0 aromatic heterocycles. The Hall–Kier alpha value is -1.09. The lowest BCUT2D eigenvalue weighted by Gasteiger charge is -2.25. The molecule has 2 unspecified atom stereocenters. The molecule has 0 amide bonds. The molecule has 2 nitrogen and oxygen atoms in total. The summed E-state index contributed by atoms with van der Waals surface area (Å²) in [6.45, 7) is 6.43. The Kier molecular flexibility index (Phi) is 3.67. The monoisotopic (exact) mass is 237 g/mol. The second-order valence-corrected chi connectivity index (χ2v) is 4.94. The van der Waals surface area contributed by atoms with E-state index in [2.05, 4.69) is 18.7 Å². The van der Waals surface area contributed by atoms with E-state index in [-0.39, 0.29) is 17.6 Å². The van der Waals surface area contributed by atoms with Crippen molar-refractivity contribution in [1.82, 2.24) is 4.90 Å². The van der Waals surface area contributed by atoms with Gasteiger partial charge < -0.3 is 5.11 Å². The molecule has 1 aromatic carbocycles. The third kappa shape index (κ3) is 2.60. The maximum absolute atomic E-state index is 12.9. The normalized spacial score (nSPS) is 22.9. The predicted octanol–water partition coefficient (Wildman–Crippen LogP) is 3.32. The zero-order valence-electron chi connectivity index (χ0n) is 10.5. The van der Waals surface area contributed by atoms with Crippen LogP contribution in [0.4, 0.5) is 4.39 Å². The minimum atomic E-state index is -0.383. The topological polar surface area (TPSA) is 23.5 Å². The molecule has 17 heavy (non-hydrogen) atoms. The molecule has 2 rings (SSSR count). The van der Waals surface area contributed by atoms with Crippen LogP contribution in [0.5, 0.6) is 5.75 Å². The first-order chi connectivity index (χ1) is 8.11. The van der Waals surface area contributed by atoms with Crippen LogP contribution >= 0.6 is 0 Å². The number of phenolic OH excluding ortho intramolecular Hbond substituents is 1. The molecule has 1 aliphatic rings. The van der Waals surface area contributed by atoms with Crippen LogP contribution in [0.15, 0.2) is 18.2 Å². The molecule has 0 aliphatic carbocycles. The summed E-state index contributed by atoms with van der Waals surface area (Å²) in [5.41, 5.74) is 0.822. The van der Waals surface area contributed by atoms with Gasteiger partial charge >= 0.3 is 0 Å². The van der Waals surface area contributed by atoms with E-state index in [1.807, 2.05) is 0 Å². The van der Waals surface area contributed by atoms with Crippen molar-refractivity contribution >= 4 is 0 Å². The van der Waals surface area contributed by atoms with E-state index in [1.165, 1.54) is 25.0 Å². The highest BCUT2D eigenvalue weighted by Crippen LogP contribution is 2.33. The first-order valence-electron chi connectivity index (χ1n) is 6.34. The minimum Gasteiger partial charge on any atom is -0.508 e. The van der Waals surface area contributed by atoms with Crippen molar-refractivity contribution in [3.8, 4) is 5.75 Å². The van der Waals surface area contributed by atoms with Gasteiger partial charge in [0, 0.05) is 24.2 Å². The lowest BCUT2D eigenvalue weighted by Crippen LogP contribution is -2.24. The number of benzene rings is 1. The second kappa shape index (κ2) is 5.05. The molecule has 0 spiro atoms. The maximum atomic E-state index is 12.9. The highest BCUT2D eigenvalue weighted by atomic mass is 19.1. The summed E-state index contributed by atoms with van der Waals surface area (Å²) in [6.07, 6.45) is 2.43. The van der Waals surface area contributed by atoms with E-state index in [0.717, 1.165) is 24.6 Å². The van der Waals surface area contributed by atoms with E-state index in [4.69, 9.17) is 0 Å². The fraction of sp³-hybridized carbons (Fsp3) is 0.571. The molecule has 94 valence electrons. The van der Waals surface area contributed by atoms with Gasteiger partial charge in [0.2, 0.25) is 0 Å². The molecule has 3 heteroatoms. The van der Waals surface area contributed by atoms with Crippen LogP contribution in [0.3, 0.4) is 0 Å². The summed E-state index contributed by atoms with van der Waals surface area (Å²) in [7, 11) is 0. The van der Waals surface area contributed by atoms with Crippen LogP contribution in [-0.4, -0.2) is 23.1 Å². The Bertz CT molecular complexity index is 394. The fourth-order valence-corrected chi connectivity index (χ4v) is 2.61. The van der Waals surface area contributed by atoms with Gasteiger partial charge in [-0.05, 0) is 31.9 Å². The summed E-state index contributed by atoms with van der Waals surface area (Å²) in [6, 6.07) is 4.46. The quantitative estimate of drug-likeness (QED) is 0.871. The molecule has 0 saturated carbocycles. The van der Waals surface area contributed by atoms with Crippen molar-refractivity contribution in [2.75, 3.05) is 13.1 Å². The molecule has 1 heterocycles. The Morgan fingerprint density at radius 3 is 2.88 bits per heavy atom. The Morgan fingerprint density at radius 1 is 1.53 bits per heavy atom. The molecule has 0 radical (unpaired) electrons. The van der Waals surface area contributed by atoms with Gasteiger partial charge in [-0.3, -0.25) is 4.90 Å². The Balaban J connectivity index is 2.12. The molecule has 1 fully saturated rings. The average molecular weight is 237 g/mol. The van der Waals surface area contributed by atoms with Gasteiger partial charge in [0.25, 0.3) is 0 Å². The lowest BCUT2D eigenvalue weighted by atomic mass is 10.1. The smallest absolute Gasteiger partial charge is 0.126 e. The van der Waals surface area contributed by atoms with Crippen molar-refractivity contribution < 1.29 is 9.50 Å². The zero-order valence-corrected chi connectivity index (χ0v) is 10.5. The predicted molar refractivity (Wildman–Crippen MR) is 66.5 cm³/mol. The maximum Gasteiger partial charge on any atom is 0.126 e. The number of aromatic hydroxyl groups is 1. The number of nitrogens with zero attached hydrogens (tertiary/aromatic N) is 1. The van der Waals surface area contributed by atoms with Crippen LogP contribution in [-0.2, 0) is 0 Å². The van der Waals surface area contributed by atoms with E-state index >= 15 is 0 Å². The standard InChI is InChI=1S/C14H20FNO/c1-3-11-6-7-16(9-11)10(2)13-5-4-12(15)8-14(13)17/h4-5,8,10-11,17H,3,6-7,9H2,1-2H3. The van der Waals surface area contributed by atoms with Crippen molar-refractivity contribution in [3.63, 3.8) is 0 Å². The highest BCUT2D eigenvalue weighted by molar-refractivity contribution is 5.35. The van der Waals surface area contributed by atoms with Gasteiger partial charge in [-0.1, -0.05) is 19.4 Å². The third-order valence-electron chi connectivity index (χ3n) is 3.88. The van der Waals surface area contributed by atoms with Crippen LogP contribution in [0.1, 0.15) is 38.3 Å². The van der Waals surface area contributed by atoms with E-state index in [9.17, 15) is 9.50 Å². The minimum absolute atomic E-state index is 0.0671. The van der Waals surface area contributed by atoms with Gasteiger partial charge in [0.05, 0.1) is 0 Å². The van der Waals surface area contributed by atoms with E-state index < -0.39 is 0 Å². The molecule has 1 N–H and O–H groups in total. The molecular formula is C14H20FNO. The molecule has 1 aliphatic heterocycles. The van der Waals surface area contributed by atoms with Gasteiger partial charge in [-0.25, -0.2) is 4.39 Å². The Labute approximate surface area is 102 Å². The van der Waals surface area contributed by atoms with E-state index in [1.54, 1.807) is 6.07 Å². The van der Waals surface area contributed by atoms with Crippen LogP contribution in [0.2, 0.25) is 0 Å². The molecule has 1 aromatic rings. The highest BCUT2D eigenvalue weighted by Gasteiger charge is 2.26. The number of halogens is 1. The van der Waals surface area contributed by atoms with Gasteiger partial charge in [-0.15, -0.1) is 0 Å². The lowest BCUT2D eigenvalue weighted by molar-refractivity contribution is 0.247. The summed E-state index contributed by atoms with van der Waals surface area (Å²) in [4.78, 5) is 2.36. The zero-order chi connectivity index (χ0) is 12.4. The number of hydrogen-bond donors (Lipinski definition) is 1. The summed E-state index contributed by atoms with van der Waals surface area (Å²) in [5, 5.41) is 9.78. The van der Waals surface area contributed by atoms with Crippen molar-refractivity contribution in [1.29, 1.82) is 0 Å². The van der Waals surface area contributed by atoms with Crippen LogP contribution in [0, 0.1) is 11.7 Å². The van der Waals surface area contributed by atoms with Crippen molar-refractivity contribution in [2.24, 2.45) is 5.92 Å². The van der Waals surface area contributed by atoms with E-state index in [0.29, 0.717) is 0 Å². The van der Waals surface area contributed by atoms with Crippen molar-refractivity contribution in [2.45, 2.75) is 32.7 Å². The molecular weight excluding hydrogens is 217 g/mol. The number of rotatable bonds is 3. The number of phenols is 1. The first kappa shape index (κ1) is 12.4. The van der Waals surface area contributed by atoms with Crippen molar-refractivity contribution in [3.05, 3.63) is 29.6 Å². The number of hydrogen-bond acceptors (Lipinski definition) is 2. The van der Waals surface area contributed by atoms with Gasteiger partial charge in [0.1, 0.15) is 11.6 Å². The van der Waals surface area contributed by atoms with Gasteiger partial charge in [0.15, 0.2) is 0 Å². The molecule has 2 atom stereocenters. The fourth-order valence-electron chi connectivity index (χ4n) is 2.61. The summed E-state index contributed by atoms with van der Waals surface area (Å²) in [5.74, 6) is 0.448. The summed E-state index contributed by atoms with van der Waals surface area (Å²) >= 11 is 0. The third-order valence-corrected chi connectivity index (χ3v) is 3.88. The van der Waals surface area contributed by atoms with Gasteiger partial charge in [-0.2, -0.15) is 0 Å². The van der Waals surface area contributed by atoms with Crippen LogP contribution < -0.4 is 0 Å². The summed E-state index contributed by atoms with van der Waals surface area (Å²) < 4.78 is 12.9. The Morgan fingerprint density at radius 2 is 2.29 bits per heavy atom. The number of likely N-dealkylation sites (tertiary alicyclic amines) is 1. The van der Waals surface area contributed by atoms with Crippen LogP contribution in [0.25, 0.3) is 0 Å². The average Bonchev–Trinajstić information content (AvgIpc) is 2.76. The second-order valence-electron chi connectivity index (χ2n) is 4.94. The molecule has 1 saturated heterocycles.